The van der Waals surface area contributed by atoms with Crippen molar-refractivity contribution in [3.8, 4) is 11.1 Å². The first-order valence-electron chi connectivity index (χ1n) is 47.1. The number of nitrogens with one attached hydrogen (secondary N) is 3. The Morgan fingerprint density at radius 1 is 0.552 bits per heavy atom. The van der Waals surface area contributed by atoms with Gasteiger partial charge in [-0.15, -0.1) is 6.58 Å². The third-order valence-corrected chi connectivity index (χ3v) is 23.3. The van der Waals surface area contributed by atoms with Crippen molar-refractivity contribution in [1.29, 1.82) is 0 Å². The number of Topliss-reactive ketones (excluding diaryl/α,β-unsaturated/α-hetero) is 2. The first kappa shape index (κ1) is 123. The Kier molecular flexibility index (Phi) is 61.4. The smallest absolute Gasteiger partial charge is 0.407 e. The summed E-state index contributed by atoms with van der Waals surface area (Å²) in [6.45, 7) is 66.7. The normalized spacial score (nSPS) is 13.9. The van der Waals surface area contributed by atoms with Crippen LogP contribution in [0.15, 0.2) is 211 Å². The predicted octanol–water partition coefficient (Wildman–Crippen LogP) is 27.8. The highest BCUT2D eigenvalue weighted by Crippen LogP contribution is 2.47. The highest BCUT2D eigenvalue weighted by molar-refractivity contribution is 7.89. The fourth-order valence-electron chi connectivity index (χ4n) is 14.2. The minimum atomic E-state index is -3.32. The third kappa shape index (κ3) is 50.1. The number of hydrogen-bond acceptors (Lipinski definition) is 21. The van der Waals surface area contributed by atoms with Gasteiger partial charge in [-0.2, -0.15) is 0 Å². The van der Waals surface area contributed by atoms with Gasteiger partial charge in [0.1, 0.15) is 52.3 Å². The van der Waals surface area contributed by atoms with Gasteiger partial charge in [0.05, 0.1) is 4.90 Å². The number of aromatic amines is 1. The zero-order valence-electron chi connectivity index (χ0n) is 86.4. The van der Waals surface area contributed by atoms with Crippen LogP contribution in [-0.4, -0.2) is 119 Å². The summed E-state index contributed by atoms with van der Waals surface area (Å²) in [7, 11) is -3.32. The lowest BCUT2D eigenvalue weighted by atomic mass is 9.87. The summed E-state index contributed by atoms with van der Waals surface area (Å²) in [5, 5.41) is 80.1. The van der Waals surface area contributed by atoms with Gasteiger partial charge in [0.25, 0.3) is 0 Å². The molecular weight excluding hydrogens is 1730 g/mol. The van der Waals surface area contributed by atoms with Gasteiger partial charge in [0.2, 0.25) is 10.0 Å². The molecule has 2 aliphatic rings. The van der Waals surface area contributed by atoms with E-state index in [0.29, 0.717) is 107 Å². The van der Waals surface area contributed by atoms with E-state index in [-0.39, 0.29) is 47.0 Å². The molecular formula is C108H166ClN11O13S. The van der Waals surface area contributed by atoms with Gasteiger partial charge in [-0.25, -0.2) is 22.6 Å². The minimum Gasteiger partial charge on any atom is -0.445 e. The first-order valence-corrected chi connectivity index (χ1v) is 49.0. The lowest BCUT2D eigenvalue weighted by Crippen LogP contribution is -2.42. The highest BCUT2D eigenvalue weighted by atomic mass is 35.5. The Morgan fingerprint density at radius 2 is 1.04 bits per heavy atom. The molecule has 2 aromatic heterocycles. The summed E-state index contributed by atoms with van der Waals surface area (Å²) >= 11 is 5.86. The topological polar surface area (TPSA) is 369 Å². The van der Waals surface area contributed by atoms with E-state index in [1.54, 1.807) is 52.0 Å². The number of aryl methyl sites for hydroxylation is 2. The number of alkyl carbamates (subject to hydrolysis) is 1. The molecule has 134 heavy (non-hydrogen) atoms. The van der Waals surface area contributed by atoms with Crippen LogP contribution in [0.25, 0.3) is 22.0 Å². The SMILES string of the molecule is C=CCC(Cc1ccc(Cl)cc1)C(C)C.CC(=N/O)/C(=N\O)C(C)C.CC(=N/O)/C(CC(C)C)=N\O.CC(=O)/C(=N\O)C(C)C.CC(=O)/C(CC(C)C)=N\O.CC(C)C(NC(=O)OCc1ccccc1)C(C)C.CC(C)C1CC1C.CC(C)CC1c2ccccc2-c2ccccc21.CC(C)Cc1c[nH]c2ccccc12.Cc1ccc(S(=O)(=O)NCC(C)C)cc1.Cc1nonc1C(C)C. The van der Waals surface area contributed by atoms with Gasteiger partial charge in [-0.3, -0.25) is 9.59 Å². The summed E-state index contributed by atoms with van der Waals surface area (Å²) in [6, 6.07) is 51.0. The number of aromatic nitrogens is 3. The number of para-hydroxylation sites is 1. The van der Waals surface area contributed by atoms with Crippen LogP contribution in [0.3, 0.4) is 0 Å². The van der Waals surface area contributed by atoms with Crippen molar-refractivity contribution >= 4 is 84.5 Å². The molecule has 3 unspecified atom stereocenters. The average Bonchev–Trinajstić information content (AvgIpc) is 1.61. The maximum Gasteiger partial charge on any atom is 0.407 e. The van der Waals surface area contributed by atoms with Crippen LogP contribution in [0.4, 0.5) is 4.79 Å². The van der Waals surface area contributed by atoms with E-state index in [4.69, 9.17) is 47.6 Å². The number of allylic oxidation sites excluding steroid dienone is 1. The molecule has 8 aromatic rings. The molecule has 3 atom stereocenters. The molecule has 26 heteroatoms. The van der Waals surface area contributed by atoms with E-state index in [1.807, 2.05) is 118 Å². The predicted molar refractivity (Wildman–Crippen MR) is 555 cm³/mol. The number of halogens is 1. The van der Waals surface area contributed by atoms with Gasteiger partial charge in [0, 0.05) is 72.2 Å². The second kappa shape index (κ2) is 66.7. The molecule has 1 saturated carbocycles. The fourth-order valence-corrected chi connectivity index (χ4v) is 15.5. The van der Waals surface area contributed by atoms with Crippen molar-refractivity contribution in [3.05, 3.63) is 220 Å². The number of ketones is 2. The van der Waals surface area contributed by atoms with Crippen molar-refractivity contribution in [2.24, 2.45) is 114 Å². The number of fused-ring (bicyclic) bond motifs is 4. The van der Waals surface area contributed by atoms with E-state index in [9.17, 15) is 22.8 Å². The molecule has 6 aromatic carbocycles. The number of sulfonamides is 1. The van der Waals surface area contributed by atoms with Crippen molar-refractivity contribution < 1.29 is 63.4 Å². The third-order valence-electron chi connectivity index (χ3n) is 21.6. The summed E-state index contributed by atoms with van der Waals surface area (Å²) < 4.78 is 35.8. The Balaban J connectivity index is 0.00000147. The summed E-state index contributed by atoms with van der Waals surface area (Å²) in [5.74, 6) is 8.49. The number of H-pyrrole nitrogens is 1. The Hall–Kier alpha value is -10.6. The molecule has 0 saturated heterocycles. The Bertz CT molecular complexity index is 4900. The van der Waals surface area contributed by atoms with Gasteiger partial charge < -0.3 is 46.3 Å². The molecule has 0 bridgehead atoms. The number of nitrogens with zero attached hydrogens (tertiary/aromatic N) is 8. The lowest BCUT2D eigenvalue weighted by molar-refractivity contribution is -0.112. The van der Waals surface area contributed by atoms with Gasteiger partial charge in [-0.05, 0) is 213 Å². The second-order valence-corrected chi connectivity index (χ2v) is 40.7. The Morgan fingerprint density at radius 3 is 1.40 bits per heavy atom. The van der Waals surface area contributed by atoms with E-state index >= 15 is 0 Å². The number of amides is 1. The Labute approximate surface area is 809 Å². The number of oxime groups is 6. The van der Waals surface area contributed by atoms with E-state index < -0.39 is 10.0 Å². The molecule has 24 nitrogen and oxygen atoms in total. The lowest BCUT2D eigenvalue weighted by Gasteiger charge is -2.25. The number of carbonyl (C=O) groups excluding carboxylic acids is 3. The fraction of sp³-hybridized carbons (Fsp3) is 0.528. The van der Waals surface area contributed by atoms with Gasteiger partial charge >= 0.3 is 6.09 Å². The molecule has 1 fully saturated rings. The molecule has 0 radical (unpaired) electrons. The van der Waals surface area contributed by atoms with Crippen LogP contribution in [0.5, 0.6) is 0 Å². The van der Waals surface area contributed by atoms with Crippen LogP contribution < -0.4 is 10.0 Å². The van der Waals surface area contributed by atoms with Crippen LogP contribution in [0.2, 0.25) is 5.02 Å². The number of ether oxygens (including phenoxy) is 1. The highest BCUT2D eigenvalue weighted by Gasteiger charge is 2.35. The number of carbonyl (C=O) groups is 3. The van der Waals surface area contributed by atoms with Crippen molar-refractivity contribution in [3.63, 3.8) is 0 Å². The molecule has 744 valence electrons. The summed E-state index contributed by atoms with van der Waals surface area (Å²) in [6.07, 6.45) is 11.0. The molecule has 2 heterocycles. The number of rotatable bonds is 30. The van der Waals surface area contributed by atoms with Crippen LogP contribution in [-0.2, 0) is 43.8 Å². The second-order valence-electron chi connectivity index (χ2n) is 38.5. The summed E-state index contributed by atoms with van der Waals surface area (Å²) in [5.41, 5.74) is 15.9. The average molecular weight is 1890 g/mol. The molecule has 10 rings (SSSR count). The first-order chi connectivity index (χ1) is 62.9. The quantitative estimate of drug-likeness (QED) is 0.00874. The largest absolute Gasteiger partial charge is 0.445 e. The van der Waals surface area contributed by atoms with Crippen LogP contribution in [0, 0.1) is 96.7 Å². The standard InChI is InChI=1S/C17H18.C15H23NO2.C14H19Cl.C12H15N.C11H17NO2S.C7H14N2O2.C7H13NO2.C7H14.C6H12N2O2.C6H10N2O.C6H11NO2/c1-12(2)11-17-15-9-5-3-7-13(15)14-8-4-6-10-16(14)17;1-11(2)14(12(3)4)16-15(17)18-10-13-8-6-5-7-9-13;1-4-5-13(11(2)3)10-12-6-8-14(15)9-7-12;1-9(2)7-10-8-13-12-6-4-3-5-11(10)12;1-9(2)8-12-15(13,14)11-6-4-10(3)5-7-11;1-5(2)4-7(9-11)6(3)8-10;1-5(2)4-7(8-10)6(3)9;1-5(2)7-4-6(7)3;1-4(2)6(8-10)5(3)7-9;1-4(2)6-5(3)7-9-8-6;1-4(2)6(7-9)5(3)8/h3-10,12,17H,11H2,1-2H3;5-9,11-12,14H,10H2,1-4H3,(H,16,17);4,6-9,11,13H,1,5,10H2,2-3H3;3-6,8-9,13H,7H2,1-2H3;4-7,9,12H,8H2,1-3H3;5,10-11H,4H2,1-3H3;5,10H,4H2,1-3H3;5-7H,4H2,1-3H3;4,9-10H,1-3H3;4H,1-3H3;4,9H,1-3H3/b;;;;;8-6-,9-7-;8-7-;;7-5-,8-6-;;7-6-. The molecule has 9 N–H and O–H groups in total. The van der Waals surface area contributed by atoms with E-state index in [2.05, 4.69) is 262 Å². The zero-order valence-corrected chi connectivity index (χ0v) is 88.0. The monoisotopic (exact) mass is 1890 g/mol. The molecule has 0 aliphatic heterocycles. The summed E-state index contributed by atoms with van der Waals surface area (Å²) in [4.78, 5) is 36.5. The van der Waals surface area contributed by atoms with Crippen molar-refractivity contribution in [1.82, 2.24) is 25.3 Å². The number of benzene rings is 6. The van der Waals surface area contributed by atoms with Gasteiger partial charge in [-0.1, -0.05) is 359 Å². The van der Waals surface area contributed by atoms with Crippen LogP contribution in [0.1, 0.15) is 289 Å². The zero-order chi connectivity index (χ0) is 102. The van der Waals surface area contributed by atoms with Gasteiger partial charge in [0.15, 0.2) is 11.6 Å². The minimum absolute atomic E-state index is 0.00694. The molecule has 1 amide bonds. The maximum absolute atomic E-state index is 11.7. The number of hydrogen-bond donors (Lipinski definition) is 9. The van der Waals surface area contributed by atoms with E-state index in [1.165, 1.54) is 71.0 Å². The van der Waals surface area contributed by atoms with E-state index in [0.717, 1.165) is 76.4 Å². The van der Waals surface area contributed by atoms with Crippen molar-refractivity contribution in [2.45, 2.75) is 289 Å². The van der Waals surface area contributed by atoms with Crippen molar-refractivity contribution in [2.75, 3.05) is 6.54 Å². The maximum atomic E-state index is 11.7. The van der Waals surface area contributed by atoms with Crippen LogP contribution >= 0.6 is 11.6 Å². The molecule has 0 spiro atoms. The molecule has 2 aliphatic carbocycles.